The predicted molar refractivity (Wildman–Crippen MR) is 66.8 cm³/mol. The Morgan fingerprint density at radius 3 is 2.65 bits per heavy atom. The lowest BCUT2D eigenvalue weighted by molar-refractivity contribution is -0.137. The van der Waals surface area contributed by atoms with Gasteiger partial charge < -0.3 is 5.11 Å². The summed E-state index contributed by atoms with van der Waals surface area (Å²) in [4.78, 5) is 3.71. The van der Waals surface area contributed by atoms with E-state index >= 15 is 0 Å². The molecule has 1 N–H and O–H groups in total. The van der Waals surface area contributed by atoms with Gasteiger partial charge in [0.2, 0.25) is 0 Å². The Labute approximate surface area is 117 Å². The van der Waals surface area contributed by atoms with Gasteiger partial charge in [0.15, 0.2) is 5.82 Å². The van der Waals surface area contributed by atoms with Gasteiger partial charge in [-0.1, -0.05) is 11.6 Å². The molecule has 0 aliphatic heterocycles. The third-order valence-electron chi connectivity index (χ3n) is 2.63. The second kappa shape index (κ2) is 5.80. The number of nitrogens with zero attached hydrogens (tertiary/aromatic N) is 3. The molecule has 0 bridgehead atoms. The molecule has 2 aromatic rings. The third-order valence-corrected chi connectivity index (χ3v) is 2.90. The monoisotopic (exact) mass is 305 g/mol. The van der Waals surface area contributed by atoms with E-state index in [0.717, 1.165) is 17.8 Å². The van der Waals surface area contributed by atoms with Crippen LogP contribution in [-0.4, -0.2) is 26.5 Å². The van der Waals surface area contributed by atoms with Crippen LogP contribution in [0.15, 0.2) is 24.7 Å². The standard InChI is InChI=1S/C12H11ClF3N3O/c13-10-4-9(12(14,15)16)6-17-11(10)19-7-8(5-18-19)2-1-3-20/h4-7,20H,1-3H2. The molecule has 0 fully saturated rings. The van der Waals surface area contributed by atoms with Crippen LogP contribution in [0.4, 0.5) is 13.2 Å². The lowest BCUT2D eigenvalue weighted by atomic mass is 10.2. The van der Waals surface area contributed by atoms with Gasteiger partial charge in [0, 0.05) is 19.0 Å². The van der Waals surface area contributed by atoms with Crippen LogP contribution in [0.5, 0.6) is 0 Å². The van der Waals surface area contributed by atoms with E-state index in [1.54, 1.807) is 12.4 Å². The molecular formula is C12H11ClF3N3O. The van der Waals surface area contributed by atoms with Crippen LogP contribution in [-0.2, 0) is 12.6 Å². The Hall–Kier alpha value is -1.60. The highest BCUT2D eigenvalue weighted by Gasteiger charge is 2.31. The Morgan fingerprint density at radius 1 is 1.30 bits per heavy atom. The van der Waals surface area contributed by atoms with Crippen LogP contribution in [0.2, 0.25) is 5.02 Å². The van der Waals surface area contributed by atoms with Gasteiger partial charge in [-0.05, 0) is 24.5 Å². The zero-order valence-corrected chi connectivity index (χ0v) is 11.0. The van der Waals surface area contributed by atoms with Gasteiger partial charge >= 0.3 is 6.18 Å². The van der Waals surface area contributed by atoms with E-state index < -0.39 is 11.7 Å². The highest BCUT2D eigenvalue weighted by atomic mass is 35.5. The molecular weight excluding hydrogens is 295 g/mol. The normalized spacial score (nSPS) is 11.8. The van der Waals surface area contributed by atoms with E-state index in [-0.39, 0.29) is 17.4 Å². The average molecular weight is 306 g/mol. The Kier molecular flexibility index (Phi) is 4.29. The van der Waals surface area contributed by atoms with E-state index in [9.17, 15) is 13.2 Å². The smallest absolute Gasteiger partial charge is 0.396 e. The van der Waals surface area contributed by atoms with Crippen LogP contribution >= 0.6 is 11.6 Å². The molecule has 0 saturated carbocycles. The fraction of sp³-hybridized carbons (Fsp3) is 0.333. The number of rotatable bonds is 4. The first-order valence-corrected chi connectivity index (χ1v) is 6.17. The second-order valence-corrected chi connectivity index (χ2v) is 4.55. The van der Waals surface area contributed by atoms with Crippen LogP contribution in [0.1, 0.15) is 17.5 Å². The first-order chi connectivity index (χ1) is 9.41. The van der Waals surface area contributed by atoms with Crippen molar-refractivity contribution in [1.82, 2.24) is 14.8 Å². The fourth-order valence-corrected chi connectivity index (χ4v) is 1.90. The SMILES string of the molecule is OCCCc1cnn(-c2ncc(C(F)(F)F)cc2Cl)c1. The van der Waals surface area contributed by atoms with E-state index in [1.165, 1.54) is 4.68 Å². The molecule has 2 aromatic heterocycles. The zero-order valence-electron chi connectivity index (χ0n) is 10.2. The van der Waals surface area contributed by atoms with Crippen molar-refractivity contribution < 1.29 is 18.3 Å². The van der Waals surface area contributed by atoms with Crippen molar-refractivity contribution in [2.75, 3.05) is 6.61 Å². The summed E-state index contributed by atoms with van der Waals surface area (Å²) < 4.78 is 38.8. The van der Waals surface area contributed by atoms with E-state index in [0.29, 0.717) is 12.8 Å². The Morgan fingerprint density at radius 2 is 2.05 bits per heavy atom. The average Bonchev–Trinajstić information content (AvgIpc) is 2.83. The second-order valence-electron chi connectivity index (χ2n) is 4.15. The lowest BCUT2D eigenvalue weighted by Gasteiger charge is -2.08. The van der Waals surface area contributed by atoms with Crippen LogP contribution in [0, 0.1) is 0 Å². The van der Waals surface area contributed by atoms with Crippen molar-refractivity contribution in [3.63, 3.8) is 0 Å². The van der Waals surface area contributed by atoms with Gasteiger partial charge in [-0.2, -0.15) is 18.3 Å². The maximum Gasteiger partial charge on any atom is 0.417 e. The zero-order chi connectivity index (χ0) is 14.8. The Balaban J connectivity index is 2.27. The molecule has 0 aliphatic rings. The number of hydrogen-bond acceptors (Lipinski definition) is 3. The summed E-state index contributed by atoms with van der Waals surface area (Å²) in [7, 11) is 0. The van der Waals surface area contributed by atoms with E-state index in [1.807, 2.05) is 0 Å². The first kappa shape index (κ1) is 14.8. The van der Waals surface area contributed by atoms with Crippen LogP contribution in [0.25, 0.3) is 5.82 Å². The molecule has 0 saturated heterocycles. The van der Waals surface area contributed by atoms with E-state index in [4.69, 9.17) is 16.7 Å². The van der Waals surface area contributed by atoms with Crippen molar-refractivity contribution in [3.05, 3.63) is 40.8 Å². The lowest BCUT2D eigenvalue weighted by Crippen LogP contribution is -2.07. The summed E-state index contributed by atoms with van der Waals surface area (Å²) in [5, 5.41) is 12.6. The number of halogens is 4. The molecule has 0 aromatic carbocycles. The third kappa shape index (κ3) is 3.29. The highest BCUT2D eigenvalue weighted by molar-refractivity contribution is 6.32. The van der Waals surface area contributed by atoms with Gasteiger partial charge in [-0.15, -0.1) is 0 Å². The number of alkyl halides is 3. The van der Waals surface area contributed by atoms with Gasteiger partial charge in [0.1, 0.15) is 0 Å². The molecule has 20 heavy (non-hydrogen) atoms. The molecule has 0 atom stereocenters. The molecule has 0 aliphatic carbocycles. The molecule has 0 unspecified atom stereocenters. The number of hydrogen-bond donors (Lipinski definition) is 1. The molecule has 4 nitrogen and oxygen atoms in total. The predicted octanol–water partition coefficient (Wildman–Crippen LogP) is 2.86. The van der Waals surface area contributed by atoms with E-state index in [2.05, 4.69) is 10.1 Å². The molecule has 8 heteroatoms. The van der Waals surface area contributed by atoms with Crippen molar-refractivity contribution >= 4 is 11.6 Å². The van der Waals surface area contributed by atoms with Crippen LogP contribution in [0.3, 0.4) is 0 Å². The van der Waals surface area contributed by atoms with Crippen molar-refractivity contribution in [2.45, 2.75) is 19.0 Å². The first-order valence-electron chi connectivity index (χ1n) is 5.79. The number of aryl methyl sites for hydroxylation is 1. The number of aliphatic hydroxyl groups excluding tert-OH is 1. The van der Waals surface area contributed by atoms with Crippen molar-refractivity contribution in [1.29, 1.82) is 0 Å². The molecule has 2 heterocycles. The molecule has 108 valence electrons. The number of pyridine rings is 1. The minimum atomic E-state index is -4.48. The largest absolute Gasteiger partial charge is 0.417 e. The summed E-state index contributed by atoms with van der Waals surface area (Å²) in [6.45, 7) is 0.0600. The van der Waals surface area contributed by atoms with Gasteiger partial charge in [0.25, 0.3) is 0 Å². The van der Waals surface area contributed by atoms with Crippen LogP contribution < -0.4 is 0 Å². The maximum absolute atomic E-state index is 12.5. The molecule has 2 rings (SSSR count). The number of aromatic nitrogens is 3. The molecule has 0 radical (unpaired) electrons. The van der Waals surface area contributed by atoms with Gasteiger partial charge in [-0.25, -0.2) is 9.67 Å². The summed E-state index contributed by atoms with van der Waals surface area (Å²) in [5.41, 5.74) is -0.0595. The minimum absolute atomic E-state index is 0.0600. The number of aliphatic hydroxyl groups is 1. The fourth-order valence-electron chi connectivity index (χ4n) is 1.64. The van der Waals surface area contributed by atoms with Gasteiger partial charge in [-0.3, -0.25) is 0 Å². The summed E-state index contributed by atoms with van der Waals surface area (Å²) in [6.07, 6.45) is 0.624. The quantitative estimate of drug-likeness (QED) is 0.945. The Bertz CT molecular complexity index is 598. The molecule has 0 amide bonds. The topological polar surface area (TPSA) is 50.9 Å². The summed E-state index contributed by atoms with van der Waals surface area (Å²) >= 11 is 5.82. The summed E-state index contributed by atoms with van der Waals surface area (Å²) in [6, 6.07) is 0.818. The summed E-state index contributed by atoms with van der Waals surface area (Å²) in [5.74, 6) is 0.134. The van der Waals surface area contributed by atoms with Crippen molar-refractivity contribution in [2.24, 2.45) is 0 Å². The highest BCUT2D eigenvalue weighted by Crippen LogP contribution is 2.31. The molecule has 0 spiro atoms. The van der Waals surface area contributed by atoms with Crippen molar-refractivity contribution in [3.8, 4) is 5.82 Å². The van der Waals surface area contributed by atoms with Gasteiger partial charge in [0.05, 0.1) is 16.8 Å². The minimum Gasteiger partial charge on any atom is -0.396 e. The maximum atomic E-state index is 12.5.